The van der Waals surface area contributed by atoms with Gasteiger partial charge in [0.05, 0.1) is 12.0 Å². The molecule has 0 saturated carbocycles. The van der Waals surface area contributed by atoms with Crippen LogP contribution in [0, 0.1) is 0 Å². The number of carboxylic acids is 1. The Hall–Kier alpha value is -5.44. The van der Waals surface area contributed by atoms with Crippen LogP contribution in [0.2, 0.25) is 0 Å². The molecule has 2 N–H and O–H groups in total. The molecule has 1 amide bonds. The van der Waals surface area contributed by atoms with Gasteiger partial charge in [-0.2, -0.15) is 0 Å². The van der Waals surface area contributed by atoms with E-state index in [1.54, 1.807) is 12.1 Å². The highest BCUT2D eigenvalue weighted by molar-refractivity contribution is 5.93. The van der Waals surface area contributed by atoms with E-state index in [-0.39, 0.29) is 37.0 Å². The third kappa shape index (κ3) is 5.57. The highest BCUT2D eigenvalue weighted by Gasteiger charge is 2.30. The van der Waals surface area contributed by atoms with E-state index in [1.165, 1.54) is 6.07 Å². The lowest BCUT2D eigenvalue weighted by Gasteiger charge is -2.16. The molecule has 9 heteroatoms. The number of carbonyl (C=O) groups excluding carboxylic acids is 2. The number of benzene rings is 4. The Labute approximate surface area is 240 Å². The Balaban J connectivity index is 1.09. The fraction of sp³-hybridized carbons (Fsp3) is 0.152. The first kappa shape index (κ1) is 26.8. The number of nitrogens with one attached hydrogen (secondary N) is 1. The van der Waals surface area contributed by atoms with E-state index in [2.05, 4.69) is 10.3 Å². The van der Waals surface area contributed by atoms with Crippen LogP contribution in [0.4, 0.5) is 4.79 Å². The minimum atomic E-state index is -1.34. The molecule has 1 heterocycles. The number of amides is 1. The molecule has 1 aromatic heterocycles. The van der Waals surface area contributed by atoms with Gasteiger partial charge in [-0.3, -0.25) is 0 Å². The van der Waals surface area contributed by atoms with Gasteiger partial charge in [-0.05, 0) is 46.0 Å². The van der Waals surface area contributed by atoms with Crippen molar-refractivity contribution in [1.82, 2.24) is 10.3 Å². The summed E-state index contributed by atoms with van der Waals surface area (Å²) >= 11 is 0. The second-order valence-electron chi connectivity index (χ2n) is 9.92. The second kappa shape index (κ2) is 11.6. The number of aliphatic carboxylic acids is 1. The maximum absolute atomic E-state index is 12.7. The predicted molar refractivity (Wildman–Crippen MR) is 153 cm³/mol. The zero-order chi connectivity index (χ0) is 29.1. The van der Waals surface area contributed by atoms with Crippen LogP contribution in [0.1, 0.15) is 38.9 Å². The minimum Gasteiger partial charge on any atom is -0.480 e. The zero-order valence-electron chi connectivity index (χ0n) is 22.4. The van der Waals surface area contributed by atoms with Crippen molar-refractivity contribution in [2.75, 3.05) is 6.61 Å². The molecule has 0 saturated heterocycles. The Morgan fingerprint density at radius 2 is 1.52 bits per heavy atom. The van der Waals surface area contributed by atoms with Crippen LogP contribution in [-0.2, 0) is 27.3 Å². The molecule has 1 aliphatic carbocycles. The third-order valence-corrected chi connectivity index (χ3v) is 7.19. The van der Waals surface area contributed by atoms with Gasteiger partial charge in [-0.15, -0.1) is 0 Å². The number of esters is 1. The van der Waals surface area contributed by atoms with Crippen LogP contribution in [0.3, 0.4) is 0 Å². The number of fused-ring (bicyclic) bond motifs is 4. The SMILES string of the molecule is O=C(N[C@@H](Cc1nc2cc(C(=O)OCc3ccccc3)ccc2o1)C(=O)O)OCC1c2ccccc2-c2ccccc21. The van der Waals surface area contributed by atoms with E-state index in [9.17, 15) is 19.5 Å². The molecule has 0 spiro atoms. The van der Waals surface area contributed by atoms with Crippen molar-refractivity contribution in [2.45, 2.75) is 25.0 Å². The number of carbonyl (C=O) groups is 3. The number of hydrogen-bond donors (Lipinski definition) is 2. The summed E-state index contributed by atoms with van der Waals surface area (Å²) in [4.78, 5) is 41.5. The number of aromatic nitrogens is 1. The number of oxazole rings is 1. The number of alkyl carbamates (subject to hydrolysis) is 1. The van der Waals surface area contributed by atoms with Crippen molar-refractivity contribution < 1.29 is 33.4 Å². The average molecular weight is 563 g/mol. The number of nitrogens with zero attached hydrogens (tertiary/aromatic N) is 1. The quantitative estimate of drug-likeness (QED) is 0.218. The van der Waals surface area contributed by atoms with Crippen molar-refractivity contribution in [2.24, 2.45) is 0 Å². The van der Waals surface area contributed by atoms with Crippen LogP contribution < -0.4 is 5.32 Å². The molecule has 1 atom stereocenters. The summed E-state index contributed by atoms with van der Waals surface area (Å²) in [6.45, 7) is 0.182. The maximum atomic E-state index is 12.7. The van der Waals surface area contributed by atoms with E-state index in [0.29, 0.717) is 11.1 Å². The molecule has 5 aromatic rings. The summed E-state index contributed by atoms with van der Waals surface area (Å²) in [5.74, 6) is -1.86. The van der Waals surface area contributed by atoms with E-state index in [4.69, 9.17) is 13.9 Å². The van der Waals surface area contributed by atoms with Gasteiger partial charge in [-0.1, -0.05) is 78.9 Å². The molecule has 0 bridgehead atoms. The highest BCUT2D eigenvalue weighted by atomic mass is 16.5. The molecule has 0 radical (unpaired) electrons. The molecule has 42 heavy (non-hydrogen) atoms. The fourth-order valence-electron chi connectivity index (χ4n) is 5.15. The summed E-state index contributed by atoms with van der Waals surface area (Å²) in [5, 5.41) is 12.2. The van der Waals surface area contributed by atoms with E-state index >= 15 is 0 Å². The largest absolute Gasteiger partial charge is 0.480 e. The summed E-state index contributed by atoms with van der Waals surface area (Å²) < 4.78 is 16.6. The maximum Gasteiger partial charge on any atom is 0.407 e. The van der Waals surface area contributed by atoms with Gasteiger partial charge in [-0.25, -0.2) is 19.4 Å². The monoisotopic (exact) mass is 562 g/mol. The van der Waals surface area contributed by atoms with Crippen molar-refractivity contribution in [1.29, 1.82) is 0 Å². The minimum absolute atomic E-state index is 0.0538. The molecule has 210 valence electrons. The van der Waals surface area contributed by atoms with Gasteiger partial charge in [0.25, 0.3) is 0 Å². The Morgan fingerprint density at radius 1 is 0.857 bits per heavy atom. The molecule has 4 aromatic carbocycles. The first-order chi connectivity index (χ1) is 20.5. The summed E-state index contributed by atoms with van der Waals surface area (Å²) in [5.41, 5.74) is 6.17. The molecule has 1 aliphatic rings. The summed E-state index contributed by atoms with van der Waals surface area (Å²) in [7, 11) is 0. The van der Waals surface area contributed by atoms with Gasteiger partial charge in [0.15, 0.2) is 11.5 Å². The lowest BCUT2D eigenvalue weighted by Crippen LogP contribution is -2.43. The first-order valence-electron chi connectivity index (χ1n) is 13.4. The molecule has 6 rings (SSSR count). The Morgan fingerprint density at radius 3 is 2.21 bits per heavy atom. The van der Waals surface area contributed by atoms with E-state index in [0.717, 1.165) is 27.8 Å². The van der Waals surface area contributed by atoms with Crippen LogP contribution in [0.5, 0.6) is 0 Å². The van der Waals surface area contributed by atoms with E-state index in [1.807, 2.05) is 78.9 Å². The van der Waals surface area contributed by atoms with Gasteiger partial charge >= 0.3 is 18.0 Å². The van der Waals surface area contributed by atoms with Gasteiger partial charge in [0, 0.05) is 5.92 Å². The number of carboxylic acid groups (broad SMARTS) is 1. The summed E-state index contributed by atoms with van der Waals surface area (Å²) in [6, 6.07) is 28.5. The molecule has 0 fully saturated rings. The fourth-order valence-corrected chi connectivity index (χ4v) is 5.15. The van der Waals surface area contributed by atoms with Gasteiger partial charge in [0.2, 0.25) is 0 Å². The topological polar surface area (TPSA) is 128 Å². The highest BCUT2D eigenvalue weighted by Crippen LogP contribution is 2.44. The lowest BCUT2D eigenvalue weighted by molar-refractivity contribution is -0.139. The predicted octanol–water partition coefficient (Wildman–Crippen LogP) is 5.72. The Kier molecular flexibility index (Phi) is 7.38. The molecular formula is C33H26N2O7. The van der Waals surface area contributed by atoms with Crippen molar-refractivity contribution >= 4 is 29.1 Å². The van der Waals surface area contributed by atoms with Crippen LogP contribution in [0.15, 0.2) is 101 Å². The van der Waals surface area contributed by atoms with Crippen LogP contribution in [0.25, 0.3) is 22.2 Å². The number of ether oxygens (including phenoxy) is 2. The zero-order valence-corrected chi connectivity index (χ0v) is 22.4. The van der Waals surface area contributed by atoms with Crippen LogP contribution >= 0.6 is 0 Å². The van der Waals surface area contributed by atoms with Crippen LogP contribution in [-0.4, -0.2) is 40.8 Å². The summed E-state index contributed by atoms with van der Waals surface area (Å²) in [6.07, 6.45) is -1.08. The number of rotatable bonds is 9. The van der Waals surface area contributed by atoms with Crippen molar-refractivity contribution in [3.8, 4) is 11.1 Å². The molecular weight excluding hydrogens is 536 g/mol. The smallest absolute Gasteiger partial charge is 0.407 e. The first-order valence-corrected chi connectivity index (χ1v) is 13.4. The van der Waals surface area contributed by atoms with E-state index < -0.39 is 24.1 Å². The second-order valence-corrected chi connectivity index (χ2v) is 9.92. The molecule has 9 nitrogen and oxygen atoms in total. The van der Waals surface area contributed by atoms with Crippen molar-refractivity contribution in [3.63, 3.8) is 0 Å². The molecule has 0 unspecified atom stereocenters. The van der Waals surface area contributed by atoms with Gasteiger partial charge < -0.3 is 24.3 Å². The average Bonchev–Trinajstić information content (AvgIpc) is 3.56. The van der Waals surface area contributed by atoms with Crippen molar-refractivity contribution in [3.05, 3.63) is 125 Å². The Bertz CT molecular complexity index is 1730. The van der Waals surface area contributed by atoms with Gasteiger partial charge in [0.1, 0.15) is 24.8 Å². The number of hydrogen-bond acceptors (Lipinski definition) is 7. The lowest BCUT2D eigenvalue weighted by atomic mass is 9.98. The third-order valence-electron chi connectivity index (χ3n) is 7.19. The molecule has 0 aliphatic heterocycles. The normalized spacial score (nSPS) is 12.8. The standard InChI is InChI=1S/C33H26N2O7/c36-31(37)28(35-33(39)41-19-26-24-12-6-4-10-22(24)23-11-5-7-13-25(23)26)17-30-34-27-16-21(14-15-29(27)42-30)32(38)40-18-20-8-2-1-3-9-20/h1-16,26,28H,17-19H2,(H,35,39)(H,36,37)/t28-/m0/s1.